The predicted molar refractivity (Wildman–Crippen MR) is 108 cm³/mol. The van der Waals surface area contributed by atoms with Crippen LogP contribution in [0.5, 0.6) is 5.75 Å². The van der Waals surface area contributed by atoms with Gasteiger partial charge in [0.1, 0.15) is 18.1 Å². The summed E-state index contributed by atoms with van der Waals surface area (Å²) >= 11 is 0. The summed E-state index contributed by atoms with van der Waals surface area (Å²) in [6.07, 6.45) is -1.61. The minimum Gasteiger partial charge on any atom is -0.464 e. The molecule has 2 aliphatic rings. The standard InChI is InChI=1S/C21H27F3O7S/c1-12(2)20(30-17-10-13-3-4-14(17)9-13)31-18-11-15(5-6-16(18)21(22,23)24)19(25)29-7-8-32(26,27)28/h5-6,11-14,17,20H,3-4,7-10H2,1-2H3,(H,26,27,28). The van der Waals surface area contributed by atoms with Crippen molar-refractivity contribution >= 4 is 16.1 Å². The Labute approximate surface area is 185 Å². The minimum atomic E-state index is -4.73. The van der Waals surface area contributed by atoms with Gasteiger partial charge in [-0.05, 0) is 55.7 Å². The molecule has 1 N–H and O–H groups in total. The molecule has 1 aromatic carbocycles. The number of hydrogen-bond acceptors (Lipinski definition) is 6. The molecule has 2 bridgehead atoms. The summed E-state index contributed by atoms with van der Waals surface area (Å²) < 4.78 is 87.3. The van der Waals surface area contributed by atoms with E-state index in [4.69, 9.17) is 18.8 Å². The van der Waals surface area contributed by atoms with E-state index in [9.17, 15) is 26.4 Å². The summed E-state index contributed by atoms with van der Waals surface area (Å²) in [5.41, 5.74) is -1.31. The fourth-order valence-electron chi connectivity index (χ4n) is 4.28. The maximum absolute atomic E-state index is 13.6. The van der Waals surface area contributed by atoms with Crippen molar-refractivity contribution in [1.82, 2.24) is 0 Å². The Morgan fingerprint density at radius 2 is 1.94 bits per heavy atom. The second kappa shape index (κ2) is 9.56. The summed E-state index contributed by atoms with van der Waals surface area (Å²) in [5.74, 6) is -1.71. The molecule has 0 radical (unpaired) electrons. The van der Waals surface area contributed by atoms with Gasteiger partial charge in [0.15, 0.2) is 0 Å². The maximum Gasteiger partial charge on any atom is 0.419 e. The van der Waals surface area contributed by atoms with Crippen LogP contribution in [-0.2, 0) is 25.8 Å². The van der Waals surface area contributed by atoms with Gasteiger partial charge >= 0.3 is 12.1 Å². The van der Waals surface area contributed by atoms with E-state index in [0.29, 0.717) is 17.9 Å². The Kier molecular flexibility index (Phi) is 7.41. The van der Waals surface area contributed by atoms with Gasteiger partial charge in [0.2, 0.25) is 6.29 Å². The molecule has 2 saturated carbocycles. The average molecular weight is 481 g/mol. The first-order valence-corrected chi connectivity index (χ1v) is 12.1. The van der Waals surface area contributed by atoms with E-state index in [1.807, 2.05) is 0 Å². The van der Waals surface area contributed by atoms with Gasteiger partial charge in [-0.25, -0.2) is 4.79 Å². The van der Waals surface area contributed by atoms with Gasteiger partial charge in [-0.3, -0.25) is 4.55 Å². The summed E-state index contributed by atoms with van der Waals surface area (Å²) in [6, 6.07) is 2.55. The first-order valence-electron chi connectivity index (χ1n) is 10.5. The third kappa shape index (κ3) is 6.35. The van der Waals surface area contributed by atoms with Crippen molar-refractivity contribution in [3.8, 4) is 5.75 Å². The molecule has 1 aromatic rings. The Balaban J connectivity index is 1.78. The highest BCUT2D eigenvalue weighted by Gasteiger charge is 2.42. The summed E-state index contributed by atoms with van der Waals surface area (Å²) in [6.45, 7) is 2.91. The topological polar surface area (TPSA) is 99.1 Å². The van der Waals surface area contributed by atoms with Gasteiger partial charge in [0.05, 0.1) is 17.2 Å². The number of rotatable bonds is 9. The number of alkyl halides is 3. The smallest absolute Gasteiger partial charge is 0.419 e. The van der Waals surface area contributed by atoms with Crippen LogP contribution in [0.4, 0.5) is 13.2 Å². The Hall–Kier alpha value is -1.85. The van der Waals surface area contributed by atoms with Crippen LogP contribution < -0.4 is 4.74 Å². The van der Waals surface area contributed by atoms with E-state index in [1.165, 1.54) is 0 Å². The number of fused-ring (bicyclic) bond motifs is 2. The van der Waals surface area contributed by atoms with Crippen molar-refractivity contribution in [2.45, 2.75) is 58.1 Å². The quantitative estimate of drug-likeness (QED) is 0.319. The fraction of sp³-hybridized carbons (Fsp3) is 0.667. The van der Waals surface area contributed by atoms with Crippen molar-refractivity contribution in [2.24, 2.45) is 17.8 Å². The zero-order valence-electron chi connectivity index (χ0n) is 17.8. The molecule has 0 amide bonds. The molecule has 2 aliphatic carbocycles. The molecule has 4 unspecified atom stereocenters. The molecule has 180 valence electrons. The number of benzene rings is 1. The number of carbonyl (C=O) groups is 1. The predicted octanol–water partition coefficient (Wildman–Crippen LogP) is 4.32. The fourth-order valence-corrected chi connectivity index (χ4v) is 4.57. The molecular weight excluding hydrogens is 453 g/mol. The lowest BCUT2D eigenvalue weighted by Gasteiger charge is -2.31. The highest BCUT2D eigenvalue weighted by Crippen LogP contribution is 2.47. The first kappa shape index (κ1) is 24.8. The summed E-state index contributed by atoms with van der Waals surface area (Å²) in [7, 11) is -4.34. The highest BCUT2D eigenvalue weighted by molar-refractivity contribution is 7.85. The normalized spacial score (nSPS) is 24.0. The van der Waals surface area contributed by atoms with Crippen LogP contribution in [0.1, 0.15) is 55.5 Å². The van der Waals surface area contributed by atoms with Gasteiger partial charge in [0, 0.05) is 5.92 Å². The molecule has 32 heavy (non-hydrogen) atoms. The van der Waals surface area contributed by atoms with Crippen molar-refractivity contribution in [3.05, 3.63) is 29.3 Å². The zero-order chi connectivity index (χ0) is 23.7. The van der Waals surface area contributed by atoms with E-state index in [2.05, 4.69) is 0 Å². The maximum atomic E-state index is 13.6. The van der Waals surface area contributed by atoms with Crippen molar-refractivity contribution < 1.29 is 45.1 Å². The van der Waals surface area contributed by atoms with Gasteiger partial charge < -0.3 is 14.2 Å². The molecule has 3 rings (SSSR count). The second-order valence-corrected chi connectivity index (χ2v) is 10.3. The van der Waals surface area contributed by atoms with Crippen LogP contribution in [0.3, 0.4) is 0 Å². The third-order valence-corrected chi connectivity index (χ3v) is 6.55. The SMILES string of the molecule is CC(C)C(Oc1cc(C(=O)OCCS(=O)(=O)O)ccc1C(F)(F)F)OC1CC2CCC1C2. The van der Waals surface area contributed by atoms with Crippen LogP contribution in [0, 0.1) is 17.8 Å². The van der Waals surface area contributed by atoms with Crippen LogP contribution in [0.25, 0.3) is 0 Å². The van der Waals surface area contributed by atoms with Crippen molar-refractivity contribution in [2.75, 3.05) is 12.4 Å². The first-order chi connectivity index (χ1) is 14.8. The largest absolute Gasteiger partial charge is 0.464 e. The number of hydrogen-bond donors (Lipinski definition) is 1. The lowest BCUT2D eigenvalue weighted by molar-refractivity contribution is -0.164. The van der Waals surface area contributed by atoms with Gasteiger partial charge in [-0.15, -0.1) is 0 Å². The Morgan fingerprint density at radius 3 is 2.47 bits per heavy atom. The van der Waals surface area contributed by atoms with Gasteiger partial charge in [-0.1, -0.05) is 13.8 Å². The Morgan fingerprint density at radius 1 is 1.22 bits per heavy atom. The summed E-state index contributed by atoms with van der Waals surface area (Å²) in [4.78, 5) is 12.2. The van der Waals surface area contributed by atoms with Gasteiger partial charge in [-0.2, -0.15) is 21.6 Å². The zero-order valence-corrected chi connectivity index (χ0v) is 18.6. The number of carbonyl (C=O) groups excluding carboxylic acids is 1. The molecule has 2 fully saturated rings. The molecule has 0 spiro atoms. The van der Waals surface area contributed by atoms with E-state index in [-0.39, 0.29) is 17.6 Å². The van der Waals surface area contributed by atoms with E-state index < -0.39 is 52.2 Å². The van der Waals surface area contributed by atoms with Crippen LogP contribution in [0.2, 0.25) is 0 Å². The Bertz CT molecular complexity index is 930. The average Bonchev–Trinajstić information content (AvgIpc) is 3.28. The molecule has 0 heterocycles. The molecular formula is C21H27F3O7S. The molecule has 0 aliphatic heterocycles. The summed E-state index contributed by atoms with van der Waals surface area (Å²) in [5, 5.41) is 0. The number of esters is 1. The van der Waals surface area contributed by atoms with E-state index >= 15 is 0 Å². The molecule has 11 heteroatoms. The second-order valence-electron chi connectivity index (χ2n) is 8.71. The lowest BCUT2D eigenvalue weighted by Crippen LogP contribution is -2.34. The van der Waals surface area contributed by atoms with E-state index in [1.54, 1.807) is 13.8 Å². The minimum absolute atomic E-state index is 0.0657. The lowest BCUT2D eigenvalue weighted by atomic mass is 9.97. The monoisotopic (exact) mass is 480 g/mol. The van der Waals surface area contributed by atoms with Crippen molar-refractivity contribution in [1.29, 1.82) is 0 Å². The van der Waals surface area contributed by atoms with Crippen LogP contribution >= 0.6 is 0 Å². The van der Waals surface area contributed by atoms with E-state index in [0.717, 1.165) is 37.8 Å². The van der Waals surface area contributed by atoms with Gasteiger partial charge in [0.25, 0.3) is 10.1 Å². The third-order valence-electron chi connectivity index (χ3n) is 5.87. The molecule has 0 aromatic heterocycles. The molecule has 4 atom stereocenters. The van der Waals surface area contributed by atoms with Crippen LogP contribution in [0.15, 0.2) is 18.2 Å². The number of ether oxygens (including phenoxy) is 3. The van der Waals surface area contributed by atoms with Crippen molar-refractivity contribution in [3.63, 3.8) is 0 Å². The molecule has 0 saturated heterocycles. The molecule has 7 nitrogen and oxygen atoms in total. The van der Waals surface area contributed by atoms with Crippen LogP contribution in [-0.4, -0.2) is 43.7 Å². The highest BCUT2D eigenvalue weighted by atomic mass is 32.2. The number of halogens is 3.